The van der Waals surface area contributed by atoms with Gasteiger partial charge in [-0.15, -0.1) is 0 Å². The molecule has 0 bridgehead atoms. The van der Waals surface area contributed by atoms with Gasteiger partial charge >= 0.3 is 0 Å². The zero-order chi connectivity index (χ0) is 12.4. The van der Waals surface area contributed by atoms with Crippen molar-refractivity contribution in [3.05, 3.63) is 11.7 Å². The van der Waals surface area contributed by atoms with Crippen LogP contribution in [-0.4, -0.2) is 53.0 Å². The minimum atomic E-state index is -0.0140. The number of nitrogens with zero attached hydrogens (tertiary/aromatic N) is 4. The Morgan fingerprint density at radius 2 is 2.35 bits per heavy atom. The Kier molecular flexibility index (Phi) is 3.42. The number of likely N-dealkylation sites (tertiary alicyclic amines) is 1. The highest BCUT2D eigenvalue weighted by molar-refractivity contribution is 5.78. The second kappa shape index (κ2) is 4.83. The molecule has 6 nitrogen and oxygen atoms in total. The van der Waals surface area contributed by atoms with Gasteiger partial charge in [-0.05, 0) is 26.9 Å². The van der Waals surface area contributed by atoms with Crippen molar-refractivity contribution < 1.29 is 9.32 Å². The maximum atomic E-state index is 12.0. The lowest BCUT2D eigenvalue weighted by Gasteiger charge is -2.23. The highest BCUT2D eigenvalue weighted by atomic mass is 16.5. The number of carbonyl (C=O) groups is 1. The van der Waals surface area contributed by atoms with E-state index in [0.29, 0.717) is 18.3 Å². The molecule has 0 N–H and O–H groups in total. The van der Waals surface area contributed by atoms with Crippen molar-refractivity contribution in [1.82, 2.24) is 19.9 Å². The van der Waals surface area contributed by atoms with E-state index in [4.69, 9.17) is 4.52 Å². The molecule has 1 atom stereocenters. The molecule has 1 fully saturated rings. The third-order valence-corrected chi connectivity index (χ3v) is 2.87. The summed E-state index contributed by atoms with van der Waals surface area (Å²) < 4.78 is 4.98. The molecular formula is C11H18N4O2. The van der Waals surface area contributed by atoms with E-state index in [1.54, 1.807) is 6.92 Å². The van der Waals surface area contributed by atoms with Gasteiger partial charge in [-0.2, -0.15) is 4.98 Å². The molecule has 0 spiro atoms. The SMILES string of the molecule is Cc1nc(C2CCCN2C(=O)CN(C)C)no1. The fraction of sp³-hybridized carbons (Fsp3) is 0.727. The van der Waals surface area contributed by atoms with Crippen LogP contribution < -0.4 is 0 Å². The molecule has 1 aromatic heterocycles. The first kappa shape index (κ1) is 12.0. The summed E-state index contributed by atoms with van der Waals surface area (Å²) in [5, 5.41) is 3.92. The Morgan fingerprint density at radius 3 is 2.94 bits per heavy atom. The molecule has 17 heavy (non-hydrogen) atoms. The van der Waals surface area contributed by atoms with Crippen LogP contribution in [0.5, 0.6) is 0 Å². The average molecular weight is 238 g/mol. The van der Waals surface area contributed by atoms with Gasteiger partial charge in [0, 0.05) is 13.5 Å². The summed E-state index contributed by atoms with van der Waals surface area (Å²) in [5.41, 5.74) is 0. The van der Waals surface area contributed by atoms with Gasteiger partial charge in [0.15, 0.2) is 5.82 Å². The zero-order valence-corrected chi connectivity index (χ0v) is 10.5. The summed E-state index contributed by atoms with van der Waals surface area (Å²) >= 11 is 0. The molecule has 2 rings (SSSR count). The summed E-state index contributed by atoms with van der Waals surface area (Å²) in [7, 11) is 3.78. The second-order valence-corrected chi connectivity index (χ2v) is 4.65. The molecule has 1 aliphatic heterocycles. The van der Waals surface area contributed by atoms with Crippen molar-refractivity contribution in [2.75, 3.05) is 27.2 Å². The van der Waals surface area contributed by atoms with E-state index in [0.717, 1.165) is 19.4 Å². The minimum absolute atomic E-state index is 0.0140. The number of aromatic nitrogens is 2. The summed E-state index contributed by atoms with van der Waals surface area (Å²) in [6, 6.07) is -0.0140. The van der Waals surface area contributed by atoms with Gasteiger partial charge < -0.3 is 14.3 Å². The molecular weight excluding hydrogens is 220 g/mol. The molecule has 6 heteroatoms. The molecule has 1 saturated heterocycles. The van der Waals surface area contributed by atoms with Gasteiger partial charge in [0.2, 0.25) is 11.8 Å². The highest BCUT2D eigenvalue weighted by Gasteiger charge is 2.32. The fourth-order valence-electron chi connectivity index (χ4n) is 2.15. The van der Waals surface area contributed by atoms with E-state index in [9.17, 15) is 4.79 Å². The number of amides is 1. The summed E-state index contributed by atoms with van der Waals surface area (Å²) in [6.45, 7) is 2.97. The molecule has 94 valence electrons. The van der Waals surface area contributed by atoms with Crippen molar-refractivity contribution in [3.63, 3.8) is 0 Å². The lowest BCUT2D eigenvalue weighted by molar-refractivity contribution is -0.132. The molecule has 2 heterocycles. The molecule has 0 aromatic carbocycles. The van der Waals surface area contributed by atoms with Crippen molar-refractivity contribution >= 4 is 5.91 Å². The average Bonchev–Trinajstić information content (AvgIpc) is 2.83. The van der Waals surface area contributed by atoms with Crippen LogP contribution >= 0.6 is 0 Å². The van der Waals surface area contributed by atoms with E-state index in [-0.39, 0.29) is 11.9 Å². The largest absolute Gasteiger partial charge is 0.340 e. The number of aryl methyl sites for hydroxylation is 1. The van der Waals surface area contributed by atoms with Crippen LogP contribution in [0.1, 0.15) is 30.6 Å². The first-order valence-corrected chi connectivity index (χ1v) is 5.82. The number of rotatable bonds is 3. The van der Waals surface area contributed by atoms with Gasteiger partial charge in [-0.1, -0.05) is 5.16 Å². The molecule has 1 aromatic rings. The number of hydrogen-bond acceptors (Lipinski definition) is 5. The highest BCUT2D eigenvalue weighted by Crippen LogP contribution is 2.29. The predicted octanol–water partition coefficient (Wildman–Crippen LogP) is 0.603. The molecule has 1 amide bonds. The van der Waals surface area contributed by atoms with E-state index in [1.807, 2.05) is 23.9 Å². The van der Waals surface area contributed by atoms with Crippen LogP contribution in [0.4, 0.5) is 0 Å². The predicted molar refractivity (Wildman–Crippen MR) is 61.3 cm³/mol. The summed E-state index contributed by atoms with van der Waals surface area (Å²) in [6.07, 6.45) is 1.91. The molecule has 0 aliphatic carbocycles. The summed E-state index contributed by atoms with van der Waals surface area (Å²) in [4.78, 5) is 20.0. The molecule has 1 aliphatic rings. The van der Waals surface area contributed by atoms with Crippen molar-refractivity contribution in [2.24, 2.45) is 0 Å². The second-order valence-electron chi connectivity index (χ2n) is 4.65. The van der Waals surface area contributed by atoms with E-state index in [2.05, 4.69) is 10.1 Å². The smallest absolute Gasteiger partial charge is 0.237 e. The Morgan fingerprint density at radius 1 is 1.59 bits per heavy atom. The number of carbonyl (C=O) groups excluding carboxylic acids is 1. The van der Waals surface area contributed by atoms with Gasteiger partial charge in [0.1, 0.15) is 0 Å². The lowest BCUT2D eigenvalue weighted by atomic mass is 10.2. The van der Waals surface area contributed by atoms with Crippen LogP contribution in [0.15, 0.2) is 4.52 Å². The number of likely N-dealkylation sites (N-methyl/N-ethyl adjacent to an activating group) is 1. The standard InChI is InChI=1S/C11H18N4O2/c1-8-12-11(13-17-8)9-5-4-6-15(9)10(16)7-14(2)3/h9H,4-7H2,1-3H3. The van der Waals surface area contributed by atoms with Crippen LogP contribution in [0.2, 0.25) is 0 Å². The molecule has 0 saturated carbocycles. The van der Waals surface area contributed by atoms with Crippen molar-refractivity contribution in [3.8, 4) is 0 Å². The minimum Gasteiger partial charge on any atom is -0.340 e. The maximum Gasteiger partial charge on any atom is 0.237 e. The van der Waals surface area contributed by atoms with Gasteiger partial charge in [0.25, 0.3) is 0 Å². The van der Waals surface area contributed by atoms with E-state index in [1.165, 1.54) is 0 Å². The maximum absolute atomic E-state index is 12.0. The van der Waals surface area contributed by atoms with Crippen molar-refractivity contribution in [2.45, 2.75) is 25.8 Å². The van der Waals surface area contributed by atoms with Crippen LogP contribution in [0, 0.1) is 6.92 Å². The van der Waals surface area contributed by atoms with Crippen LogP contribution in [0.25, 0.3) is 0 Å². The van der Waals surface area contributed by atoms with Crippen LogP contribution in [0.3, 0.4) is 0 Å². The Balaban J connectivity index is 2.09. The first-order chi connectivity index (χ1) is 8.08. The number of hydrogen-bond donors (Lipinski definition) is 0. The Hall–Kier alpha value is -1.43. The van der Waals surface area contributed by atoms with Gasteiger partial charge in [-0.3, -0.25) is 4.79 Å². The third kappa shape index (κ3) is 2.63. The topological polar surface area (TPSA) is 62.5 Å². The first-order valence-electron chi connectivity index (χ1n) is 5.82. The molecule has 1 unspecified atom stereocenters. The fourth-order valence-corrected chi connectivity index (χ4v) is 2.15. The third-order valence-electron chi connectivity index (χ3n) is 2.87. The van der Waals surface area contributed by atoms with Crippen molar-refractivity contribution in [1.29, 1.82) is 0 Å². The van der Waals surface area contributed by atoms with E-state index < -0.39 is 0 Å². The van der Waals surface area contributed by atoms with Gasteiger partial charge in [-0.25, -0.2) is 0 Å². The summed E-state index contributed by atoms with van der Waals surface area (Å²) in [5.74, 6) is 1.30. The molecule has 0 radical (unpaired) electrons. The zero-order valence-electron chi connectivity index (χ0n) is 10.5. The van der Waals surface area contributed by atoms with E-state index >= 15 is 0 Å². The Labute approximate surface area is 101 Å². The Bertz CT molecular complexity index is 402. The van der Waals surface area contributed by atoms with Crippen LogP contribution in [-0.2, 0) is 4.79 Å². The quantitative estimate of drug-likeness (QED) is 0.771. The lowest BCUT2D eigenvalue weighted by Crippen LogP contribution is -2.37. The normalized spacial score (nSPS) is 20.2. The monoisotopic (exact) mass is 238 g/mol. The van der Waals surface area contributed by atoms with Gasteiger partial charge in [0.05, 0.1) is 12.6 Å².